The van der Waals surface area contributed by atoms with Crippen molar-refractivity contribution >= 4 is 10.0 Å². The van der Waals surface area contributed by atoms with Gasteiger partial charge in [-0.1, -0.05) is 35.5 Å². The molecule has 0 saturated carbocycles. The van der Waals surface area contributed by atoms with Crippen LogP contribution >= 0.6 is 0 Å². The van der Waals surface area contributed by atoms with Crippen LogP contribution in [0.2, 0.25) is 0 Å². The molecule has 0 unspecified atom stereocenters. The minimum absolute atomic E-state index is 0.0363. The van der Waals surface area contributed by atoms with Crippen molar-refractivity contribution in [2.45, 2.75) is 18.0 Å². The normalized spacial score (nSPS) is 11.5. The third kappa shape index (κ3) is 5.11. The number of hydrogen-bond acceptors (Lipinski definition) is 6. The molecule has 4 rings (SSSR count). The molecule has 176 valence electrons. The van der Waals surface area contributed by atoms with Crippen LogP contribution in [0.3, 0.4) is 0 Å². The number of ether oxygens (including phenoxy) is 2. The number of methoxy groups -OCH3 is 2. The lowest BCUT2D eigenvalue weighted by atomic mass is 10.1. The zero-order chi connectivity index (χ0) is 24.1. The molecule has 0 radical (unpaired) electrons. The van der Waals surface area contributed by atoms with Gasteiger partial charge in [-0.05, 0) is 48.0 Å². The first-order chi connectivity index (χ1) is 16.4. The van der Waals surface area contributed by atoms with E-state index in [4.69, 9.17) is 14.0 Å². The monoisotopic (exact) mass is 482 g/mol. The van der Waals surface area contributed by atoms with Crippen LogP contribution in [0.4, 0.5) is 4.39 Å². The summed E-state index contributed by atoms with van der Waals surface area (Å²) in [6.45, 7) is 0.00144. The Kier molecular flexibility index (Phi) is 6.95. The summed E-state index contributed by atoms with van der Waals surface area (Å²) in [6.07, 6.45) is 0. The molecular formula is C25H23FN2O5S. The average Bonchev–Trinajstić information content (AvgIpc) is 3.33. The molecule has 0 spiro atoms. The number of halogens is 1. The van der Waals surface area contributed by atoms with Crippen LogP contribution in [0.1, 0.15) is 11.3 Å². The Morgan fingerprint density at radius 1 is 0.882 bits per heavy atom. The van der Waals surface area contributed by atoms with Crippen molar-refractivity contribution < 1.29 is 26.8 Å². The van der Waals surface area contributed by atoms with Gasteiger partial charge in [0.15, 0.2) is 17.3 Å². The largest absolute Gasteiger partial charge is 0.493 e. The summed E-state index contributed by atoms with van der Waals surface area (Å²) in [4.78, 5) is 0.153. The fraction of sp³-hybridized carbons (Fsp3) is 0.160. The molecule has 9 heteroatoms. The highest BCUT2D eigenvalue weighted by molar-refractivity contribution is 7.89. The lowest BCUT2D eigenvalue weighted by Gasteiger charge is -2.21. The van der Waals surface area contributed by atoms with Crippen LogP contribution in [-0.2, 0) is 23.1 Å². The highest BCUT2D eigenvalue weighted by atomic mass is 32.2. The van der Waals surface area contributed by atoms with E-state index in [-0.39, 0.29) is 18.0 Å². The lowest BCUT2D eigenvalue weighted by Crippen LogP contribution is -2.30. The smallest absolute Gasteiger partial charge is 0.243 e. The number of rotatable bonds is 9. The van der Waals surface area contributed by atoms with E-state index >= 15 is 0 Å². The molecule has 0 bridgehead atoms. The van der Waals surface area contributed by atoms with Gasteiger partial charge in [0, 0.05) is 18.2 Å². The van der Waals surface area contributed by atoms with Crippen LogP contribution in [0, 0.1) is 5.82 Å². The van der Waals surface area contributed by atoms with E-state index in [9.17, 15) is 12.8 Å². The zero-order valence-corrected chi connectivity index (χ0v) is 19.5. The maximum Gasteiger partial charge on any atom is 0.243 e. The van der Waals surface area contributed by atoms with Crippen molar-refractivity contribution in [1.82, 2.24) is 9.46 Å². The maximum atomic E-state index is 13.4. The Hall–Kier alpha value is -3.69. The fourth-order valence-electron chi connectivity index (χ4n) is 3.45. The van der Waals surface area contributed by atoms with E-state index in [0.717, 1.165) is 0 Å². The Labute approximate surface area is 197 Å². The zero-order valence-electron chi connectivity index (χ0n) is 18.6. The van der Waals surface area contributed by atoms with Gasteiger partial charge in [0.25, 0.3) is 0 Å². The summed E-state index contributed by atoms with van der Waals surface area (Å²) in [5.74, 6) is 1.17. The predicted molar refractivity (Wildman–Crippen MR) is 124 cm³/mol. The molecule has 0 aliphatic rings. The van der Waals surface area contributed by atoms with Gasteiger partial charge in [0.05, 0.1) is 31.4 Å². The van der Waals surface area contributed by atoms with Gasteiger partial charge in [0.2, 0.25) is 10.0 Å². The van der Waals surface area contributed by atoms with Gasteiger partial charge in [-0.15, -0.1) is 0 Å². The molecule has 4 aromatic rings. The van der Waals surface area contributed by atoms with E-state index in [1.54, 1.807) is 61.7 Å². The van der Waals surface area contributed by atoms with E-state index in [1.165, 1.54) is 35.7 Å². The fourth-order valence-corrected chi connectivity index (χ4v) is 4.87. The minimum Gasteiger partial charge on any atom is -0.493 e. The second-order valence-electron chi connectivity index (χ2n) is 7.46. The van der Waals surface area contributed by atoms with E-state index < -0.39 is 15.8 Å². The summed E-state index contributed by atoms with van der Waals surface area (Å²) in [5, 5.41) is 4.08. The molecular weight excluding hydrogens is 459 g/mol. The predicted octanol–water partition coefficient (Wildman–Crippen LogP) is 4.89. The van der Waals surface area contributed by atoms with Gasteiger partial charge >= 0.3 is 0 Å². The summed E-state index contributed by atoms with van der Waals surface area (Å²) in [5.41, 5.74) is 1.77. The number of aromatic nitrogens is 1. The highest BCUT2D eigenvalue weighted by Gasteiger charge is 2.26. The highest BCUT2D eigenvalue weighted by Crippen LogP contribution is 2.33. The Morgan fingerprint density at radius 3 is 2.26 bits per heavy atom. The molecule has 0 amide bonds. The van der Waals surface area contributed by atoms with Crippen LogP contribution in [0.5, 0.6) is 11.5 Å². The van der Waals surface area contributed by atoms with Crippen molar-refractivity contribution in [2.24, 2.45) is 0 Å². The third-order valence-electron chi connectivity index (χ3n) is 5.22. The second-order valence-corrected chi connectivity index (χ2v) is 9.40. The Bertz CT molecular complexity index is 1360. The first kappa shape index (κ1) is 23.5. The van der Waals surface area contributed by atoms with Gasteiger partial charge in [-0.3, -0.25) is 0 Å². The van der Waals surface area contributed by atoms with Crippen LogP contribution in [0.25, 0.3) is 11.3 Å². The van der Waals surface area contributed by atoms with Crippen LogP contribution in [0.15, 0.2) is 88.3 Å². The minimum atomic E-state index is -3.86. The SMILES string of the molecule is COc1ccc(-c2cc(CN(Cc3ccc(F)cc3)S(=O)(=O)c3ccccc3)no2)cc1OC. The molecule has 0 fully saturated rings. The quantitative estimate of drug-likeness (QED) is 0.338. The molecule has 3 aromatic carbocycles. The number of nitrogens with zero attached hydrogens (tertiary/aromatic N) is 2. The molecule has 0 aliphatic heterocycles. The molecule has 0 saturated heterocycles. The van der Waals surface area contributed by atoms with Crippen LogP contribution in [-0.4, -0.2) is 32.1 Å². The van der Waals surface area contributed by atoms with Crippen molar-refractivity contribution in [1.29, 1.82) is 0 Å². The molecule has 0 aliphatic carbocycles. The Morgan fingerprint density at radius 2 is 1.59 bits per heavy atom. The van der Waals surface area contributed by atoms with Crippen molar-refractivity contribution in [3.8, 4) is 22.8 Å². The van der Waals surface area contributed by atoms with Gasteiger partial charge < -0.3 is 14.0 Å². The standard InChI is InChI=1S/C25H23FN2O5S/c1-31-23-13-10-19(14-25(23)32-2)24-15-21(27-33-24)17-28(16-18-8-11-20(26)12-9-18)34(29,30)22-6-4-3-5-7-22/h3-15H,16-17H2,1-2H3. The molecule has 1 heterocycles. The number of benzene rings is 3. The molecule has 0 N–H and O–H groups in total. The van der Waals surface area contributed by atoms with Crippen LogP contribution < -0.4 is 9.47 Å². The summed E-state index contributed by atoms with van der Waals surface area (Å²) < 4.78 is 57.5. The van der Waals surface area contributed by atoms with Crippen molar-refractivity contribution in [2.75, 3.05) is 14.2 Å². The summed E-state index contributed by atoms with van der Waals surface area (Å²) >= 11 is 0. The number of sulfonamides is 1. The molecule has 1 aromatic heterocycles. The number of hydrogen-bond donors (Lipinski definition) is 0. The lowest BCUT2D eigenvalue weighted by molar-refractivity contribution is 0.354. The third-order valence-corrected chi connectivity index (χ3v) is 7.02. The molecule has 34 heavy (non-hydrogen) atoms. The molecule has 0 atom stereocenters. The van der Waals surface area contributed by atoms with E-state index in [1.807, 2.05) is 0 Å². The van der Waals surface area contributed by atoms with Gasteiger partial charge in [-0.2, -0.15) is 4.31 Å². The molecule has 7 nitrogen and oxygen atoms in total. The van der Waals surface area contributed by atoms with E-state index in [2.05, 4.69) is 5.16 Å². The first-order valence-corrected chi connectivity index (χ1v) is 11.8. The Balaban J connectivity index is 1.64. The second kappa shape index (κ2) is 10.1. The first-order valence-electron chi connectivity index (χ1n) is 10.4. The van der Waals surface area contributed by atoms with Crippen molar-refractivity contribution in [3.63, 3.8) is 0 Å². The topological polar surface area (TPSA) is 81.9 Å². The summed E-state index contributed by atoms with van der Waals surface area (Å²) in [7, 11) is -0.776. The van der Waals surface area contributed by atoms with Crippen molar-refractivity contribution in [3.05, 3.63) is 95.9 Å². The van der Waals surface area contributed by atoms with Gasteiger partial charge in [0.1, 0.15) is 5.82 Å². The maximum absolute atomic E-state index is 13.4. The van der Waals surface area contributed by atoms with Gasteiger partial charge in [-0.25, -0.2) is 12.8 Å². The summed E-state index contributed by atoms with van der Waals surface area (Å²) in [6, 6.07) is 20.8. The van der Waals surface area contributed by atoms with E-state index in [0.29, 0.717) is 34.1 Å². The average molecular weight is 483 g/mol.